The predicted molar refractivity (Wildman–Crippen MR) is 68.2 cm³/mol. The van der Waals surface area contributed by atoms with Gasteiger partial charge in [0, 0.05) is 6.42 Å². The average Bonchev–Trinajstić information content (AvgIpc) is 2.24. The van der Waals surface area contributed by atoms with Crippen LogP contribution in [0.1, 0.15) is 24.8 Å². The third-order valence-corrected chi connectivity index (χ3v) is 2.99. The van der Waals surface area contributed by atoms with Gasteiger partial charge in [-0.25, -0.2) is 4.98 Å². The molecule has 0 aromatic carbocycles. The van der Waals surface area contributed by atoms with Crippen molar-refractivity contribution in [1.29, 1.82) is 0 Å². The van der Waals surface area contributed by atoms with Gasteiger partial charge < -0.3 is 11.1 Å². The van der Waals surface area contributed by atoms with Crippen molar-refractivity contribution in [2.45, 2.75) is 26.2 Å². The molecular formula is C11H16BrN3O. The SMILES string of the molecule is Cc1cc(NC(=O)CCCCN)cnc1Br. The fourth-order valence-corrected chi connectivity index (χ4v) is 1.50. The molecular weight excluding hydrogens is 270 g/mol. The summed E-state index contributed by atoms with van der Waals surface area (Å²) >= 11 is 3.31. The first-order valence-electron chi connectivity index (χ1n) is 5.25. The monoisotopic (exact) mass is 285 g/mol. The Balaban J connectivity index is 2.46. The Morgan fingerprint density at radius 1 is 1.56 bits per heavy atom. The Kier molecular flexibility index (Phi) is 5.42. The third kappa shape index (κ3) is 4.28. The molecule has 0 saturated carbocycles. The maximum Gasteiger partial charge on any atom is 0.224 e. The molecule has 0 aliphatic rings. The van der Waals surface area contributed by atoms with Crippen molar-refractivity contribution < 1.29 is 4.79 Å². The summed E-state index contributed by atoms with van der Waals surface area (Å²) in [7, 11) is 0. The van der Waals surface area contributed by atoms with Gasteiger partial charge in [-0.1, -0.05) is 0 Å². The number of nitrogens with two attached hydrogens (primary N) is 1. The number of halogens is 1. The summed E-state index contributed by atoms with van der Waals surface area (Å²) in [6.07, 6.45) is 3.85. The average molecular weight is 286 g/mol. The van der Waals surface area contributed by atoms with E-state index >= 15 is 0 Å². The molecule has 5 heteroatoms. The van der Waals surface area contributed by atoms with Gasteiger partial charge in [-0.15, -0.1) is 0 Å². The van der Waals surface area contributed by atoms with Crippen molar-refractivity contribution in [2.75, 3.05) is 11.9 Å². The van der Waals surface area contributed by atoms with Crippen molar-refractivity contribution in [3.05, 3.63) is 22.4 Å². The van der Waals surface area contributed by atoms with Crippen molar-refractivity contribution in [1.82, 2.24) is 4.98 Å². The highest BCUT2D eigenvalue weighted by Crippen LogP contribution is 2.16. The second kappa shape index (κ2) is 6.60. The topological polar surface area (TPSA) is 68.0 Å². The molecule has 88 valence electrons. The van der Waals surface area contributed by atoms with Crippen LogP contribution in [-0.2, 0) is 4.79 Å². The van der Waals surface area contributed by atoms with Crippen LogP contribution in [0.2, 0.25) is 0 Å². The minimum Gasteiger partial charge on any atom is -0.330 e. The lowest BCUT2D eigenvalue weighted by Gasteiger charge is -2.06. The minimum atomic E-state index is 0.0111. The maximum absolute atomic E-state index is 11.5. The van der Waals surface area contributed by atoms with E-state index in [4.69, 9.17) is 5.73 Å². The van der Waals surface area contributed by atoms with Crippen LogP contribution >= 0.6 is 15.9 Å². The second-order valence-electron chi connectivity index (χ2n) is 3.63. The smallest absolute Gasteiger partial charge is 0.224 e. The highest BCUT2D eigenvalue weighted by Gasteiger charge is 2.03. The molecule has 0 atom stereocenters. The summed E-state index contributed by atoms with van der Waals surface area (Å²) in [4.78, 5) is 15.6. The molecule has 4 nitrogen and oxygen atoms in total. The van der Waals surface area contributed by atoms with E-state index < -0.39 is 0 Å². The number of hydrogen-bond acceptors (Lipinski definition) is 3. The molecule has 3 N–H and O–H groups in total. The van der Waals surface area contributed by atoms with E-state index in [0.29, 0.717) is 13.0 Å². The number of nitrogens with zero attached hydrogens (tertiary/aromatic N) is 1. The molecule has 1 aromatic rings. The summed E-state index contributed by atoms with van der Waals surface area (Å²) in [5.74, 6) is 0.0111. The first kappa shape index (κ1) is 13.1. The molecule has 1 rings (SSSR count). The van der Waals surface area contributed by atoms with E-state index in [1.807, 2.05) is 13.0 Å². The van der Waals surface area contributed by atoms with Gasteiger partial charge in [0.25, 0.3) is 0 Å². The normalized spacial score (nSPS) is 10.2. The molecule has 0 radical (unpaired) electrons. The highest BCUT2D eigenvalue weighted by molar-refractivity contribution is 9.10. The number of anilines is 1. The molecule has 16 heavy (non-hydrogen) atoms. The van der Waals surface area contributed by atoms with Crippen molar-refractivity contribution in [2.24, 2.45) is 5.73 Å². The van der Waals surface area contributed by atoms with Crippen molar-refractivity contribution in [3.8, 4) is 0 Å². The van der Waals surface area contributed by atoms with E-state index in [1.54, 1.807) is 6.20 Å². The van der Waals surface area contributed by atoms with Crippen LogP contribution < -0.4 is 11.1 Å². The number of aryl methyl sites for hydroxylation is 1. The van der Waals surface area contributed by atoms with Crippen LogP contribution in [0.25, 0.3) is 0 Å². The van der Waals surface area contributed by atoms with Crippen LogP contribution in [0.4, 0.5) is 5.69 Å². The Bertz CT molecular complexity index is 368. The van der Waals surface area contributed by atoms with Gasteiger partial charge in [0.2, 0.25) is 5.91 Å². The number of pyridine rings is 1. The number of nitrogens with one attached hydrogen (secondary N) is 1. The van der Waals surface area contributed by atoms with E-state index in [-0.39, 0.29) is 5.91 Å². The van der Waals surface area contributed by atoms with Gasteiger partial charge in [-0.05, 0) is 53.9 Å². The lowest BCUT2D eigenvalue weighted by atomic mass is 10.2. The largest absolute Gasteiger partial charge is 0.330 e. The standard InChI is InChI=1S/C11H16BrN3O/c1-8-6-9(7-14-11(8)12)15-10(16)4-2-3-5-13/h6-7H,2-5,13H2,1H3,(H,15,16). The van der Waals surface area contributed by atoms with Gasteiger partial charge in [-0.2, -0.15) is 0 Å². The van der Waals surface area contributed by atoms with E-state index in [9.17, 15) is 4.79 Å². The molecule has 0 saturated heterocycles. The maximum atomic E-state index is 11.5. The van der Waals surface area contributed by atoms with Gasteiger partial charge in [-0.3, -0.25) is 4.79 Å². The Hall–Kier alpha value is -0.940. The number of carbonyl (C=O) groups excluding carboxylic acids is 1. The zero-order valence-corrected chi connectivity index (χ0v) is 10.9. The summed E-state index contributed by atoms with van der Waals surface area (Å²) in [5, 5.41) is 2.81. The molecule has 1 aromatic heterocycles. The number of unbranched alkanes of at least 4 members (excludes halogenated alkanes) is 1. The zero-order chi connectivity index (χ0) is 12.0. The fraction of sp³-hybridized carbons (Fsp3) is 0.455. The van der Waals surface area contributed by atoms with Gasteiger partial charge in [0.15, 0.2) is 0 Å². The first-order valence-corrected chi connectivity index (χ1v) is 6.05. The van der Waals surface area contributed by atoms with E-state index in [0.717, 1.165) is 28.7 Å². The quantitative estimate of drug-likeness (QED) is 0.644. The molecule has 0 aliphatic carbocycles. The van der Waals surface area contributed by atoms with E-state index in [2.05, 4.69) is 26.2 Å². The van der Waals surface area contributed by atoms with Gasteiger partial charge in [0.1, 0.15) is 4.60 Å². The first-order chi connectivity index (χ1) is 7.63. The van der Waals surface area contributed by atoms with Crippen LogP contribution in [-0.4, -0.2) is 17.4 Å². The Morgan fingerprint density at radius 2 is 2.31 bits per heavy atom. The number of rotatable bonds is 5. The molecule has 0 fully saturated rings. The lowest BCUT2D eigenvalue weighted by molar-refractivity contribution is -0.116. The molecule has 1 amide bonds. The van der Waals surface area contributed by atoms with Crippen LogP contribution in [0, 0.1) is 6.92 Å². The Morgan fingerprint density at radius 3 is 2.94 bits per heavy atom. The van der Waals surface area contributed by atoms with Crippen LogP contribution in [0.15, 0.2) is 16.9 Å². The molecule has 0 bridgehead atoms. The molecule has 1 heterocycles. The minimum absolute atomic E-state index is 0.0111. The van der Waals surface area contributed by atoms with E-state index in [1.165, 1.54) is 0 Å². The number of aromatic nitrogens is 1. The summed E-state index contributed by atoms with van der Waals surface area (Å²) in [5.41, 5.74) is 7.09. The molecule has 0 aliphatic heterocycles. The van der Waals surface area contributed by atoms with Crippen LogP contribution in [0.3, 0.4) is 0 Å². The molecule has 0 spiro atoms. The summed E-state index contributed by atoms with van der Waals surface area (Å²) in [6.45, 7) is 2.56. The van der Waals surface area contributed by atoms with Crippen molar-refractivity contribution in [3.63, 3.8) is 0 Å². The number of hydrogen-bond donors (Lipinski definition) is 2. The summed E-state index contributed by atoms with van der Waals surface area (Å²) < 4.78 is 0.800. The van der Waals surface area contributed by atoms with Crippen LogP contribution in [0.5, 0.6) is 0 Å². The number of carbonyl (C=O) groups is 1. The number of amides is 1. The highest BCUT2D eigenvalue weighted by atomic mass is 79.9. The molecule has 0 unspecified atom stereocenters. The third-order valence-electron chi connectivity index (χ3n) is 2.16. The van der Waals surface area contributed by atoms with Crippen molar-refractivity contribution >= 4 is 27.5 Å². The Labute approximate surface area is 104 Å². The van der Waals surface area contributed by atoms with Gasteiger partial charge >= 0.3 is 0 Å². The van der Waals surface area contributed by atoms with Gasteiger partial charge in [0.05, 0.1) is 11.9 Å². The summed E-state index contributed by atoms with van der Waals surface area (Å²) in [6, 6.07) is 1.89. The zero-order valence-electron chi connectivity index (χ0n) is 9.29. The fourth-order valence-electron chi connectivity index (χ4n) is 1.28. The predicted octanol–water partition coefficient (Wildman–Crippen LogP) is 2.22. The second-order valence-corrected chi connectivity index (χ2v) is 4.38. The lowest BCUT2D eigenvalue weighted by Crippen LogP contribution is -2.12.